The summed E-state index contributed by atoms with van der Waals surface area (Å²) >= 11 is 0. The summed E-state index contributed by atoms with van der Waals surface area (Å²) in [7, 11) is 5.56. The predicted octanol–water partition coefficient (Wildman–Crippen LogP) is 1.48. The van der Waals surface area contributed by atoms with Crippen molar-refractivity contribution < 1.29 is 14.3 Å². The summed E-state index contributed by atoms with van der Waals surface area (Å²) in [4.78, 5) is 26.1. The molecule has 1 aromatic carbocycles. The minimum atomic E-state index is -0.217. The van der Waals surface area contributed by atoms with Crippen LogP contribution in [0, 0.1) is 11.8 Å². The summed E-state index contributed by atoms with van der Waals surface area (Å²) in [6.07, 6.45) is 1.40. The van der Waals surface area contributed by atoms with Gasteiger partial charge in [-0.2, -0.15) is 0 Å². The van der Waals surface area contributed by atoms with Gasteiger partial charge in [-0.1, -0.05) is 0 Å². The van der Waals surface area contributed by atoms with Gasteiger partial charge in [0.1, 0.15) is 0 Å². The second-order valence-corrected chi connectivity index (χ2v) is 6.02. The third kappa shape index (κ3) is 4.96. The molecule has 2 unspecified atom stereocenters. The molecule has 0 heterocycles. The van der Waals surface area contributed by atoms with Gasteiger partial charge in [0.05, 0.1) is 11.8 Å². The van der Waals surface area contributed by atoms with Crippen LogP contribution in [0.25, 0.3) is 0 Å². The van der Waals surface area contributed by atoms with E-state index in [9.17, 15) is 9.59 Å². The molecule has 1 fully saturated rings. The van der Waals surface area contributed by atoms with E-state index < -0.39 is 0 Å². The highest BCUT2D eigenvalue weighted by Gasteiger charge is 2.47. The molecule has 0 saturated heterocycles. The van der Waals surface area contributed by atoms with Gasteiger partial charge in [-0.05, 0) is 37.1 Å². The molecule has 23 heavy (non-hydrogen) atoms. The Labute approximate surface area is 137 Å². The number of benzene rings is 1. The zero-order valence-corrected chi connectivity index (χ0v) is 14.0. The first-order chi connectivity index (χ1) is 11.0. The molecule has 1 aliphatic carbocycles. The summed E-state index contributed by atoms with van der Waals surface area (Å²) in [5.74, 6) is -0.534. The van der Waals surface area contributed by atoms with E-state index in [2.05, 4.69) is 10.6 Å². The molecule has 126 valence electrons. The first-order valence-corrected chi connectivity index (χ1v) is 7.88. The Morgan fingerprint density at radius 2 is 1.83 bits per heavy atom. The first-order valence-electron chi connectivity index (χ1n) is 7.88. The highest BCUT2D eigenvalue weighted by molar-refractivity contribution is 5.99. The van der Waals surface area contributed by atoms with Crippen molar-refractivity contribution in [2.45, 2.75) is 12.8 Å². The molecule has 0 spiro atoms. The normalized spacial score (nSPS) is 19.1. The van der Waals surface area contributed by atoms with E-state index in [0.717, 1.165) is 17.8 Å². The van der Waals surface area contributed by atoms with Crippen LogP contribution in [0.15, 0.2) is 24.3 Å². The third-order valence-electron chi connectivity index (χ3n) is 3.94. The smallest absolute Gasteiger partial charge is 0.228 e. The SMILES string of the molecule is COCCCNC(=O)C1CC1C(=O)Nc1ccc(N(C)C)cc1. The first kappa shape index (κ1) is 17.3. The lowest BCUT2D eigenvalue weighted by molar-refractivity contribution is -0.125. The standard InChI is InChI=1S/C17H25N3O3/c1-20(2)13-7-5-12(6-8-13)19-17(22)15-11-14(15)16(21)18-9-4-10-23-3/h5-8,14-15H,4,9-11H2,1-3H3,(H,18,21)(H,19,22). The molecule has 1 saturated carbocycles. The lowest BCUT2D eigenvalue weighted by atomic mass is 10.2. The van der Waals surface area contributed by atoms with E-state index in [-0.39, 0.29) is 23.7 Å². The van der Waals surface area contributed by atoms with E-state index in [1.165, 1.54) is 0 Å². The monoisotopic (exact) mass is 319 g/mol. The Balaban J connectivity index is 1.76. The van der Waals surface area contributed by atoms with Crippen molar-refractivity contribution >= 4 is 23.2 Å². The van der Waals surface area contributed by atoms with Crippen molar-refractivity contribution in [1.82, 2.24) is 5.32 Å². The lowest BCUT2D eigenvalue weighted by Crippen LogP contribution is -2.28. The van der Waals surface area contributed by atoms with Gasteiger partial charge in [-0.3, -0.25) is 9.59 Å². The maximum atomic E-state index is 12.2. The number of nitrogens with one attached hydrogen (secondary N) is 2. The van der Waals surface area contributed by atoms with Gasteiger partial charge in [-0.25, -0.2) is 0 Å². The molecule has 0 aliphatic heterocycles. The predicted molar refractivity (Wildman–Crippen MR) is 90.5 cm³/mol. The molecule has 0 radical (unpaired) electrons. The second-order valence-electron chi connectivity index (χ2n) is 6.02. The maximum absolute atomic E-state index is 12.2. The zero-order chi connectivity index (χ0) is 16.8. The Morgan fingerprint density at radius 3 is 2.43 bits per heavy atom. The topological polar surface area (TPSA) is 70.7 Å². The van der Waals surface area contributed by atoms with Crippen molar-refractivity contribution in [3.63, 3.8) is 0 Å². The average molecular weight is 319 g/mol. The molecule has 6 heteroatoms. The van der Waals surface area contributed by atoms with Crippen LogP contribution in [-0.2, 0) is 14.3 Å². The number of hydrogen-bond acceptors (Lipinski definition) is 4. The molecule has 2 rings (SSSR count). The lowest BCUT2D eigenvalue weighted by Gasteiger charge is -2.13. The summed E-state index contributed by atoms with van der Waals surface area (Å²) in [6.45, 7) is 1.21. The van der Waals surface area contributed by atoms with Gasteiger partial charge in [0, 0.05) is 45.7 Å². The average Bonchev–Trinajstić information content (AvgIpc) is 3.32. The number of nitrogens with zero attached hydrogens (tertiary/aromatic N) is 1. The Morgan fingerprint density at radius 1 is 1.17 bits per heavy atom. The van der Waals surface area contributed by atoms with Crippen LogP contribution in [0.2, 0.25) is 0 Å². The zero-order valence-electron chi connectivity index (χ0n) is 14.0. The van der Waals surface area contributed by atoms with Crippen LogP contribution in [0.5, 0.6) is 0 Å². The van der Waals surface area contributed by atoms with E-state index in [0.29, 0.717) is 19.6 Å². The molecule has 1 aliphatic rings. The van der Waals surface area contributed by atoms with Crippen molar-refractivity contribution in [3.05, 3.63) is 24.3 Å². The van der Waals surface area contributed by atoms with E-state index in [1.54, 1.807) is 7.11 Å². The molecular weight excluding hydrogens is 294 g/mol. The van der Waals surface area contributed by atoms with E-state index >= 15 is 0 Å². The van der Waals surface area contributed by atoms with Gasteiger partial charge < -0.3 is 20.3 Å². The summed E-state index contributed by atoms with van der Waals surface area (Å²) in [6, 6.07) is 7.63. The maximum Gasteiger partial charge on any atom is 0.228 e. The molecular formula is C17H25N3O3. The highest BCUT2D eigenvalue weighted by Crippen LogP contribution is 2.39. The summed E-state index contributed by atoms with van der Waals surface area (Å²) < 4.78 is 4.93. The fourth-order valence-corrected chi connectivity index (χ4v) is 2.41. The molecule has 0 aromatic heterocycles. The van der Waals surface area contributed by atoms with Crippen molar-refractivity contribution in [2.24, 2.45) is 11.8 Å². The third-order valence-corrected chi connectivity index (χ3v) is 3.94. The van der Waals surface area contributed by atoms with Crippen LogP contribution in [0.3, 0.4) is 0 Å². The molecule has 1 aromatic rings. The molecule has 0 bridgehead atoms. The number of amides is 2. The molecule has 6 nitrogen and oxygen atoms in total. The number of hydrogen-bond donors (Lipinski definition) is 2. The number of carbonyl (C=O) groups is 2. The number of ether oxygens (including phenoxy) is 1. The van der Waals surface area contributed by atoms with Gasteiger partial charge in [0.25, 0.3) is 0 Å². The van der Waals surface area contributed by atoms with Crippen molar-refractivity contribution in [3.8, 4) is 0 Å². The molecule has 2 N–H and O–H groups in total. The van der Waals surface area contributed by atoms with Crippen LogP contribution in [0.1, 0.15) is 12.8 Å². The largest absolute Gasteiger partial charge is 0.385 e. The van der Waals surface area contributed by atoms with Crippen molar-refractivity contribution in [1.29, 1.82) is 0 Å². The van der Waals surface area contributed by atoms with Crippen molar-refractivity contribution in [2.75, 3.05) is 44.6 Å². The summed E-state index contributed by atoms with van der Waals surface area (Å²) in [5.41, 5.74) is 1.83. The van der Waals surface area contributed by atoms with Gasteiger partial charge in [-0.15, -0.1) is 0 Å². The number of rotatable bonds is 8. The Bertz CT molecular complexity index is 543. The van der Waals surface area contributed by atoms with Gasteiger partial charge in [0.2, 0.25) is 11.8 Å². The van der Waals surface area contributed by atoms with Crippen LogP contribution in [0.4, 0.5) is 11.4 Å². The number of anilines is 2. The van der Waals surface area contributed by atoms with E-state index in [4.69, 9.17) is 4.74 Å². The van der Waals surface area contributed by atoms with Gasteiger partial charge in [0.15, 0.2) is 0 Å². The molecule has 2 atom stereocenters. The number of methoxy groups -OCH3 is 1. The highest BCUT2D eigenvalue weighted by atomic mass is 16.5. The van der Waals surface area contributed by atoms with Gasteiger partial charge >= 0.3 is 0 Å². The fraction of sp³-hybridized carbons (Fsp3) is 0.529. The Kier molecular flexibility index (Phi) is 5.98. The fourth-order valence-electron chi connectivity index (χ4n) is 2.41. The second kappa shape index (κ2) is 7.97. The van der Waals surface area contributed by atoms with Crippen LogP contribution in [-0.4, -0.2) is 46.2 Å². The quantitative estimate of drug-likeness (QED) is 0.712. The van der Waals surface area contributed by atoms with Crippen LogP contribution >= 0.6 is 0 Å². The minimum absolute atomic E-state index is 0.0378. The Hall–Kier alpha value is -2.08. The van der Waals surface area contributed by atoms with Crippen LogP contribution < -0.4 is 15.5 Å². The number of carbonyl (C=O) groups excluding carboxylic acids is 2. The minimum Gasteiger partial charge on any atom is -0.385 e. The summed E-state index contributed by atoms with van der Waals surface area (Å²) in [5, 5.41) is 5.72. The molecule has 2 amide bonds. The van der Waals surface area contributed by atoms with E-state index in [1.807, 2.05) is 43.3 Å².